The molecule has 2 aromatic rings. The lowest BCUT2D eigenvalue weighted by molar-refractivity contribution is -0.137. The van der Waals surface area contributed by atoms with Crippen LogP contribution in [0.1, 0.15) is 47.3 Å². The highest BCUT2D eigenvalue weighted by Crippen LogP contribution is 2.32. The number of amides is 2. The summed E-state index contributed by atoms with van der Waals surface area (Å²) in [5.74, 6) is -0.522. The molecule has 1 heterocycles. The zero-order valence-corrected chi connectivity index (χ0v) is 15.8. The third kappa shape index (κ3) is 4.30. The summed E-state index contributed by atoms with van der Waals surface area (Å²) in [7, 11) is 0. The number of hydrogen-bond donors (Lipinski definition) is 1. The maximum absolute atomic E-state index is 12.9. The molecule has 1 aliphatic heterocycles. The molecule has 2 aromatic carbocycles. The number of carbonyl (C=O) groups is 2. The highest BCUT2D eigenvalue weighted by atomic mass is 35.5. The van der Waals surface area contributed by atoms with Gasteiger partial charge in [-0.3, -0.25) is 9.59 Å². The van der Waals surface area contributed by atoms with E-state index in [2.05, 4.69) is 5.32 Å². The Morgan fingerprint density at radius 3 is 2.61 bits per heavy atom. The van der Waals surface area contributed by atoms with Crippen molar-refractivity contribution in [1.82, 2.24) is 5.32 Å². The average molecular weight is 411 g/mol. The van der Waals surface area contributed by atoms with Gasteiger partial charge >= 0.3 is 6.18 Å². The van der Waals surface area contributed by atoms with Gasteiger partial charge in [0.05, 0.1) is 22.3 Å². The lowest BCUT2D eigenvalue weighted by Gasteiger charge is -2.19. The van der Waals surface area contributed by atoms with Gasteiger partial charge in [0.1, 0.15) is 0 Å². The molecule has 2 amide bonds. The Labute approximate surface area is 165 Å². The Morgan fingerprint density at radius 2 is 1.96 bits per heavy atom. The van der Waals surface area contributed by atoms with Crippen LogP contribution in [-0.2, 0) is 11.0 Å². The minimum absolute atomic E-state index is 0.0585. The SMILES string of the molecule is CC(NC(=O)c1ccc(Cl)c(N2CCCC2=O)c1)c1cccc(C(F)(F)F)c1. The van der Waals surface area contributed by atoms with Crippen LogP contribution in [0.25, 0.3) is 0 Å². The van der Waals surface area contributed by atoms with Crippen molar-refractivity contribution in [1.29, 1.82) is 0 Å². The van der Waals surface area contributed by atoms with E-state index < -0.39 is 23.7 Å². The van der Waals surface area contributed by atoms with Gasteiger partial charge in [0.15, 0.2) is 0 Å². The first kappa shape index (κ1) is 20.2. The maximum atomic E-state index is 12.9. The molecule has 1 aliphatic rings. The van der Waals surface area contributed by atoms with Crippen LogP contribution in [0, 0.1) is 0 Å². The van der Waals surface area contributed by atoms with E-state index in [0.29, 0.717) is 29.2 Å². The Bertz CT molecular complexity index is 915. The van der Waals surface area contributed by atoms with Crippen LogP contribution in [0.5, 0.6) is 0 Å². The highest BCUT2D eigenvalue weighted by molar-refractivity contribution is 6.34. The third-order valence-electron chi connectivity index (χ3n) is 4.63. The fourth-order valence-electron chi connectivity index (χ4n) is 3.11. The van der Waals surface area contributed by atoms with Crippen molar-refractivity contribution in [2.24, 2.45) is 0 Å². The van der Waals surface area contributed by atoms with E-state index in [9.17, 15) is 22.8 Å². The van der Waals surface area contributed by atoms with Gasteiger partial charge in [-0.15, -0.1) is 0 Å². The van der Waals surface area contributed by atoms with Crippen LogP contribution in [0.4, 0.5) is 18.9 Å². The molecule has 0 aromatic heterocycles. The fourth-order valence-corrected chi connectivity index (χ4v) is 3.33. The molecule has 0 aliphatic carbocycles. The Kier molecular flexibility index (Phi) is 5.65. The van der Waals surface area contributed by atoms with Gasteiger partial charge in [0.25, 0.3) is 5.91 Å². The van der Waals surface area contributed by atoms with Gasteiger partial charge in [-0.05, 0) is 49.2 Å². The predicted octanol–water partition coefficient (Wildman–Crippen LogP) is 4.98. The van der Waals surface area contributed by atoms with E-state index in [1.54, 1.807) is 6.92 Å². The van der Waals surface area contributed by atoms with Crippen LogP contribution >= 0.6 is 11.6 Å². The summed E-state index contributed by atoms with van der Waals surface area (Å²) >= 11 is 6.18. The number of carbonyl (C=O) groups excluding carboxylic acids is 2. The van der Waals surface area contributed by atoms with Crippen molar-refractivity contribution in [2.45, 2.75) is 32.0 Å². The number of hydrogen-bond acceptors (Lipinski definition) is 2. The molecule has 1 N–H and O–H groups in total. The van der Waals surface area contributed by atoms with Crippen LogP contribution in [0.15, 0.2) is 42.5 Å². The quantitative estimate of drug-likeness (QED) is 0.773. The first-order valence-corrected chi connectivity index (χ1v) is 9.12. The summed E-state index contributed by atoms with van der Waals surface area (Å²) in [6, 6.07) is 8.77. The second-order valence-electron chi connectivity index (χ2n) is 6.63. The summed E-state index contributed by atoms with van der Waals surface area (Å²) in [5, 5.41) is 3.05. The van der Waals surface area contributed by atoms with E-state index in [0.717, 1.165) is 18.6 Å². The molecule has 1 atom stereocenters. The topological polar surface area (TPSA) is 49.4 Å². The van der Waals surface area contributed by atoms with Gasteiger partial charge < -0.3 is 10.2 Å². The third-order valence-corrected chi connectivity index (χ3v) is 4.95. The maximum Gasteiger partial charge on any atom is 0.416 e. The van der Waals surface area contributed by atoms with E-state index in [1.807, 2.05) is 0 Å². The molecule has 1 unspecified atom stereocenters. The fraction of sp³-hybridized carbons (Fsp3) is 0.300. The van der Waals surface area contributed by atoms with Gasteiger partial charge in [-0.1, -0.05) is 23.7 Å². The van der Waals surface area contributed by atoms with Crippen molar-refractivity contribution in [2.75, 3.05) is 11.4 Å². The van der Waals surface area contributed by atoms with E-state index in [4.69, 9.17) is 11.6 Å². The minimum Gasteiger partial charge on any atom is -0.346 e. The zero-order valence-electron chi connectivity index (χ0n) is 15.0. The average Bonchev–Trinajstić information content (AvgIpc) is 3.07. The van der Waals surface area contributed by atoms with Crippen LogP contribution in [0.3, 0.4) is 0 Å². The van der Waals surface area contributed by atoms with Crippen LogP contribution in [0.2, 0.25) is 5.02 Å². The molecule has 8 heteroatoms. The monoisotopic (exact) mass is 410 g/mol. The Balaban J connectivity index is 1.79. The number of alkyl halides is 3. The molecule has 0 saturated carbocycles. The van der Waals surface area contributed by atoms with Gasteiger partial charge in [0, 0.05) is 18.5 Å². The zero-order chi connectivity index (χ0) is 20.5. The summed E-state index contributed by atoms with van der Waals surface area (Å²) in [4.78, 5) is 26.1. The first-order valence-electron chi connectivity index (χ1n) is 8.75. The summed E-state index contributed by atoms with van der Waals surface area (Å²) in [6.45, 7) is 2.14. The minimum atomic E-state index is -4.45. The van der Waals surface area contributed by atoms with Gasteiger partial charge in [0.2, 0.25) is 5.91 Å². The number of rotatable bonds is 4. The highest BCUT2D eigenvalue weighted by Gasteiger charge is 2.31. The molecule has 3 rings (SSSR count). The lowest BCUT2D eigenvalue weighted by Crippen LogP contribution is -2.28. The van der Waals surface area contributed by atoms with E-state index in [-0.39, 0.29) is 11.5 Å². The summed E-state index contributed by atoms with van der Waals surface area (Å²) in [6.07, 6.45) is -3.30. The van der Waals surface area contributed by atoms with E-state index in [1.165, 1.54) is 35.2 Å². The summed E-state index contributed by atoms with van der Waals surface area (Å²) < 4.78 is 38.7. The molecular weight excluding hydrogens is 393 g/mol. The molecule has 4 nitrogen and oxygen atoms in total. The molecule has 0 radical (unpaired) electrons. The van der Waals surface area contributed by atoms with Crippen LogP contribution < -0.4 is 10.2 Å². The Morgan fingerprint density at radius 1 is 1.21 bits per heavy atom. The molecule has 0 spiro atoms. The smallest absolute Gasteiger partial charge is 0.346 e. The van der Waals surface area contributed by atoms with Crippen molar-refractivity contribution < 1.29 is 22.8 Å². The first-order chi connectivity index (χ1) is 13.2. The van der Waals surface area contributed by atoms with Crippen LogP contribution in [-0.4, -0.2) is 18.4 Å². The van der Waals surface area contributed by atoms with Crippen molar-refractivity contribution >= 4 is 29.1 Å². The summed E-state index contributed by atoms with van der Waals surface area (Å²) in [5.41, 5.74) is 0.306. The molecule has 148 valence electrons. The van der Waals surface area contributed by atoms with E-state index >= 15 is 0 Å². The largest absolute Gasteiger partial charge is 0.416 e. The van der Waals surface area contributed by atoms with Gasteiger partial charge in [-0.2, -0.15) is 13.2 Å². The number of nitrogens with zero attached hydrogens (tertiary/aromatic N) is 1. The normalized spacial score (nSPS) is 15.6. The molecule has 28 heavy (non-hydrogen) atoms. The standard InChI is InChI=1S/C20H18ClF3N2O2/c1-12(13-4-2-5-15(10-13)20(22,23)24)25-19(28)14-7-8-16(21)17(11-14)26-9-3-6-18(26)27/h2,4-5,7-8,10-12H,3,6,9H2,1H3,(H,25,28). The van der Waals surface area contributed by atoms with Gasteiger partial charge in [-0.25, -0.2) is 0 Å². The second-order valence-corrected chi connectivity index (χ2v) is 7.04. The second kappa shape index (κ2) is 7.83. The predicted molar refractivity (Wildman–Crippen MR) is 100 cm³/mol. The molecule has 1 fully saturated rings. The van der Waals surface area contributed by atoms with Crippen molar-refractivity contribution in [3.8, 4) is 0 Å². The Hall–Kier alpha value is -2.54. The van der Waals surface area contributed by atoms with Crippen molar-refractivity contribution in [3.05, 3.63) is 64.2 Å². The number of benzene rings is 2. The number of nitrogens with one attached hydrogen (secondary N) is 1. The van der Waals surface area contributed by atoms with Crippen molar-refractivity contribution in [3.63, 3.8) is 0 Å². The molecule has 0 bridgehead atoms. The number of anilines is 1. The number of halogens is 4. The molecule has 1 saturated heterocycles. The molecular formula is C20H18ClF3N2O2. The lowest BCUT2D eigenvalue weighted by atomic mass is 10.0.